The number of hydrogen-bond donors (Lipinski definition) is 0. The first-order chi connectivity index (χ1) is 14.7. The van der Waals surface area contributed by atoms with E-state index in [-0.39, 0.29) is 47.9 Å². The Morgan fingerprint density at radius 1 is 1.35 bits per heavy atom. The van der Waals surface area contributed by atoms with E-state index in [1.54, 1.807) is 32.0 Å². The van der Waals surface area contributed by atoms with E-state index in [1.165, 1.54) is 6.07 Å². The zero-order chi connectivity index (χ0) is 22.2. The van der Waals surface area contributed by atoms with Crippen LogP contribution in [0.15, 0.2) is 24.3 Å². The van der Waals surface area contributed by atoms with Gasteiger partial charge in [0.15, 0.2) is 17.4 Å². The van der Waals surface area contributed by atoms with Gasteiger partial charge in [0.25, 0.3) is 0 Å². The number of Topliss-reactive ketones (excluding diaryl/α,β-unsaturated/α-hetero) is 1. The molecule has 10 heteroatoms. The van der Waals surface area contributed by atoms with Crippen LogP contribution in [0.5, 0.6) is 0 Å². The number of carbonyl (C=O) groups is 1. The van der Waals surface area contributed by atoms with Gasteiger partial charge in [-0.3, -0.25) is 4.79 Å². The lowest BCUT2D eigenvalue weighted by molar-refractivity contribution is -0.144. The first-order valence-electron chi connectivity index (χ1n) is 9.53. The summed E-state index contributed by atoms with van der Waals surface area (Å²) in [5, 5.41) is 3.81. The van der Waals surface area contributed by atoms with Crippen molar-refractivity contribution < 1.29 is 27.8 Å². The van der Waals surface area contributed by atoms with Crippen molar-refractivity contribution in [3.63, 3.8) is 0 Å². The molecule has 0 N–H and O–H groups in total. The molecule has 0 aliphatic carbocycles. The van der Waals surface area contributed by atoms with Crippen LogP contribution in [0.1, 0.15) is 35.3 Å². The first kappa shape index (κ1) is 22.6. The van der Waals surface area contributed by atoms with Gasteiger partial charge in [0.2, 0.25) is 0 Å². The van der Waals surface area contributed by atoms with Crippen molar-refractivity contribution in [3.8, 4) is 0 Å². The van der Waals surface area contributed by atoms with Crippen LogP contribution in [-0.2, 0) is 20.6 Å². The molecule has 1 aliphatic rings. The monoisotopic (exact) mass is 560 g/mol. The van der Waals surface area contributed by atoms with E-state index in [9.17, 15) is 9.18 Å². The molecule has 0 spiro atoms. The van der Waals surface area contributed by atoms with Crippen LogP contribution in [-0.4, -0.2) is 47.1 Å². The summed E-state index contributed by atoms with van der Waals surface area (Å²) in [6, 6.07) is 6.24. The van der Waals surface area contributed by atoms with Gasteiger partial charge in [-0.1, -0.05) is 10.6 Å². The fourth-order valence-corrected chi connectivity index (χ4v) is 4.46. The topological polar surface area (TPSA) is 70.5 Å². The number of ether oxygens (including phenoxy) is 3. The van der Waals surface area contributed by atoms with Gasteiger partial charge in [-0.2, -0.15) is 0 Å². The molecular weight excluding hydrogens is 541 g/mol. The largest absolute Gasteiger partial charge is 0.371 e. The number of aromatic nitrogens is 2. The van der Waals surface area contributed by atoms with Gasteiger partial charge < -0.3 is 14.2 Å². The van der Waals surface area contributed by atoms with E-state index in [1.807, 2.05) is 22.6 Å². The standard InChI is InChI=1S/C21H19F2IN2O4S/c1-21(2)29-9-13(30-21)8-28-10-17(27)14-7-18-20(25-26-31-18)19(23)15(14)5-11-3-4-12(24)6-16(11)22/h3-4,6-7,13H,5,8-10H2,1-2H3. The maximum Gasteiger partial charge on any atom is 0.188 e. The molecule has 0 saturated carbocycles. The summed E-state index contributed by atoms with van der Waals surface area (Å²) in [6.45, 7) is 3.87. The van der Waals surface area contributed by atoms with Crippen molar-refractivity contribution in [2.75, 3.05) is 19.8 Å². The molecule has 1 unspecified atom stereocenters. The van der Waals surface area contributed by atoms with Crippen LogP contribution in [0, 0.1) is 15.2 Å². The van der Waals surface area contributed by atoms with Crippen LogP contribution in [0.2, 0.25) is 0 Å². The SMILES string of the molecule is CC1(C)OCC(COCC(=O)c2cc3snnc3c(F)c2Cc2ccc(I)cc2F)O1. The summed E-state index contributed by atoms with van der Waals surface area (Å²) in [4.78, 5) is 12.9. The maximum atomic E-state index is 15.2. The third-order valence-electron chi connectivity index (χ3n) is 4.87. The van der Waals surface area contributed by atoms with Gasteiger partial charge in [-0.05, 0) is 71.7 Å². The lowest BCUT2D eigenvalue weighted by Crippen LogP contribution is -2.25. The van der Waals surface area contributed by atoms with Gasteiger partial charge in [0.1, 0.15) is 24.0 Å². The summed E-state index contributed by atoms with van der Waals surface area (Å²) >= 11 is 2.99. The molecule has 2 aromatic carbocycles. The van der Waals surface area contributed by atoms with Crippen molar-refractivity contribution in [2.24, 2.45) is 0 Å². The predicted molar refractivity (Wildman–Crippen MR) is 119 cm³/mol. The van der Waals surface area contributed by atoms with Gasteiger partial charge in [-0.15, -0.1) is 5.10 Å². The van der Waals surface area contributed by atoms with E-state index < -0.39 is 23.2 Å². The minimum atomic E-state index is -0.684. The smallest absolute Gasteiger partial charge is 0.188 e. The quantitative estimate of drug-likeness (QED) is 0.313. The molecule has 1 aromatic heterocycles. The molecule has 1 fully saturated rings. The fourth-order valence-electron chi connectivity index (χ4n) is 3.41. The minimum absolute atomic E-state index is 0.0714. The second kappa shape index (κ2) is 9.10. The predicted octanol–water partition coefficient (Wildman–Crippen LogP) is 4.52. The number of ketones is 1. The third kappa shape index (κ3) is 5.08. The average molecular weight is 560 g/mol. The molecular formula is C21H19F2IN2O4S. The average Bonchev–Trinajstić information content (AvgIpc) is 3.31. The normalized spacial score (nSPS) is 18.0. The minimum Gasteiger partial charge on any atom is -0.371 e. The Kier molecular flexibility index (Phi) is 6.63. The Hall–Kier alpha value is -1.60. The molecule has 0 amide bonds. The lowest BCUT2D eigenvalue weighted by Gasteiger charge is -2.17. The third-order valence-corrected chi connectivity index (χ3v) is 6.22. The molecule has 4 rings (SSSR count). The van der Waals surface area contributed by atoms with E-state index in [0.717, 1.165) is 15.1 Å². The van der Waals surface area contributed by atoms with Crippen LogP contribution in [0.4, 0.5) is 8.78 Å². The molecule has 1 saturated heterocycles. The van der Waals surface area contributed by atoms with Crippen molar-refractivity contribution in [3.05, 3.63) is 56.2 Å². The number of hydrogen-bond acceptors (Lipinski definition) is 7. The van der Waals surface area contributed by atoms with E-state index in [2.05, 4.69) is 9.59 Å². The highest BCUT2D eigenvalue weighted by Gasteiger charge is 2.33. The zero-order valence-electron chi connectivity index (χ0n) is 16.8. The van der Waals surface area contributed by atoms with Crippen LogP contribution < -0.4 is 0 Å². The number of rotatable bonds is 7. The molecule has 6 nitrogen and oxygen atoms in total. The molecule has 2 heterocycles. The highest BCUT2D eigenvalue weighted by atomic mass is 127. The second-order valence-corrected chi connectivity index (χ2v) is 9.67. The highest BCUT2D eigenvalue weighted by Crippen LogP contribution is 2.29. The Labute approximate surface area is 195 Å². The van der Waals surface area contributed by atoms with Crippen molar-refractivity contribution in [2.45, 2.75) is 32.2 Å². The van der Waals surface area contributed by atoms with E-state index in [0.29, 0.717) is 11.3 Å². The molecule has 1 atom stereocenters. The van der Waals surface area contributed by atoms with Crippen LogP contribution >= 0.6 is 34.1 Å². The first-order valence-corrected chi connectivity index (χ1v) is 11.4. The summed E-state index contributed by atoms with van der Waals surface area (Å²) in [5.41, 5.74) is 0.575. The molecule has 31 heavy (non-hydrogen) atoms. The van der Waals surface area contributed by atoms with Gasteiger partial charge in [-0.25, -0.2) is 8.78 Å². The van der Waals surface area contributed by atoms with Gasteiger partial charge in [0.05, 0.1) is 17.9 Å². The number of nitrogens with zero attached hydrogens (tertiary/aromatic N) is 2. The van der Waals surface area contributed by atoms with Crippen LogP contribution in [0.25, 0.3) is 10.2 Å². The second-order valence-electron chi connectivity index (χ2n) is 7.64. The Morgan fingerprint density at radius 2 is 2.16 bits per heavy atom. The molecule has 164 valence electrons. The summed E-state index contributed by atoms with van der Waals surface area (Å²) in [6.07, 6.45) is -0.371. The van der Waals surface area contributed by atoms with Gasteiger partial charge >= 0.3 is 0 Å². The lowest BCUT2D eigenvalue weighted by atomic mass is 9.96. The number of benzene rings is 2. The summed E-state index contributed by atoms with van der Waals surface area (Å²) in [5.74, 6) is -2.22. The summed E-state index contributed by atoms with van der Waals surface area (Å²) in [7, 11) is 0. The maximum absolute atomic E-state index is 15.2. The molecule has 0 radical (unpaired) electrons. The number of halogens is 3. The Morgan fingerprint density at radius 3 is 2.87 bits per heavy atom. The highest BCUT2D eigenvalue weighted by molar-refractivity contribution is 14.1. The molecule has 1 aliphatic heterocycles. The van der Waals surface area contributed by atoms with Crippen molar-refractivity contribution in [1.29, 1.82) is 0 Å². The summed E-state index contributed by atoms with van der Waals surface area (Å²) < 4.78 is 51.2. The number of fused-ring (bicyclic) bond motifs is 1. The zero-order valence-corrected chi connectivity index (χ0v) is 19.8. The van der Waals surface area contributed by atoms with Crippen molar-refractivity contribution >= 4 is 50.1 Å². The van der Waals surface area contributed by atoms with E-state index in [4.69, 9.17) is 14.2 Å². The van der Waals surface area contributed by atoms with Crippen LogP contribution in [0.3, 0.4) is 0 Å². The number of carbonyl (C=O) groups excluding carboxylic acids is 1. The molecule has 3 aromatic rings. The van der Waals surface area contributed by atoms with Gasteiger partial charge in [0, 0.05) is 21.1 Å². The molecule has 0 bridgehead atoms. The fraction of sp³-hybridized carbons (Fsp3) is 0.381. The Balaban J connectivity index is 1.57. The van der Waals surface area contributed by atoms with E-state index >= 15 is 4.39 Å². The van der Waals surface area contributed by atoms with Crippen molar-refractivity contribution in [1.82, 2.24) is 9.59 Å². The Bertz CT molecular complexity index is 1140.